The SMILES string of the molecule is Ic1c(-c2ccc(-c3c(I)c4ccccc4c4ccc(-c5ccc6ccccc6c5)cc34)cc2)c2cc(-c3ccc4ccccc4c3)ccc2c2ccccc12. The number of hydrogen-bond acceptors (Lipinski definition) is 0. The number of fused-ring (bicyclic) bond motifs is 8. The van der Waals surface area contributed by atoms with Gasteiger partial charge in [-0.25, -0.2) is 0 Å². The third-order valence-electron chi connectivity index (χ3n) is 11.6. The van der Waals surface area contributed by atoms with Gasteiger partial charge in [0.1, 0.15) is 0 Å². The molecule has 0 aliphatic heterocycles. The third kappa shape index (κ3) is 5.53. The van der Waals surface area contributed by atoms with Crippen LogP contribution in [0.1, 0.15) is 0 Å². The zero-order valence-corrected chi connectivity index (χ0v) is 34.5. The number of rotatable bonds is 4. The van der Waals surface area contributed by atoms with Crippen LogP contribution in [0.5, 0.6) is 0 Å². The molecular formula is C54H32I2. The quantitative estimate of drug-likeness (QED) is 0.122. The Bertz CT molecular complexity index is 3150. The molecule has 0 atom stereocenters. The highest BCUT2D eigenvalue weighted by molar-refractivity contribution is 14.1. The third-order valence-corrected chi connectivity index (χ3v) is 13.8. The van der Waals surface area contributed by atoms with E-state index < -0.39 is 0 Å². The lowest BCUT2D eigenvalue weighted by Crippen LogP contribution is -1.93. The van der Waals surface area contributed by atoms with Crippen LogP contribution < -0.4 is 0 Å². The molecule has 11 aromatic rings. The van der Waals surface area contributed by atoms with Gasteiger partial charge in [0.05, 0.1) is 0 Å². The summed E-state index contributed by atoms with van der Waals surface area (Å²) in [5.74, 6) is 0. The Morgan fingerprint density at radius 1 is 0.214 bits per heavy atom. The first-order valence-corrected chi connectivity index (χ1v) is 21.1. The molecule has 0 nitrogen and oxygen atoms in total. The number of benzene rings is 11. The van der Waals surface area contributed by atoms with E-state index in [0.717, 1.165) is 0 Å². The molecule has 2 heteroatoms. The van der Waals surface area contributed by atoms with E-state index in [0.29, 0.717) is 0 Å². The predicted octanol–water partition coefficient (Wildman–Crippen LogP) is 16.5. The van der Waals surface area contributed by atoms with Crippen LogP contribution in [0.15, 0.2) is 194 Å². The van der Waals surface area contributed by atoms with Crippen LogP contribution in [0.25, 0.3) is 109 Å². The fourth-order valence-electron chi connectivity index (χ4n) is 8.76. The maximum absolute atomic E-state index is 2.59. The van der Waals surface area contributed by atoms with Crippen molar-refractivity contribution in [3.05, 3.63) is 201 Å². The minimum absolute atomic E-state index is 1.22. The molecule has 0 aliphatic carbocycles. The van der Waals surface area contributed by atoms with Crippen molar-refractivity contribution in [3.8, 4) is 44.5 Å². The van der Waals surface area contributed by atoms with Gasteiger partial charge in [0.2, 0.25) is 0 Å². The maximum Gasteiger partial charge on any atom is 0.0293 e. The molecule has 0 bridgehead atoms. The zero-order valence-electron chi connectivity index (χ0n) is 30.2. The van der Waals surface area contributed by atoms with Gasteiger partial charge in [-0.3, -0.25) is 0 Å². The van der Waals surface area contributed by atoms with Crippen molar-refractivity contribution in [1.82, 2.24) is 0 Å². The summed E-state index contributed by atoms with van der Waals surface area (Å²) in [6.07, 6.45) is 0. The lowest BCUT2D eigenvalue weighted by molar-refractivity contribution is 1.61. The van der Waals surface area contributed by atoms with Gasteiger partial charge < -0.3 is 0 Å². The predicted molar refractivity (Wildman–Crippen MR) is 259 cm³/mol. The van der Waals surface area contributed by atoms with Crippen molar-refractivity contribution < 1.29 is 0 Å². The largest absolute Gasteiger partial charge is 0.0616 e. The van der Waals surface area contributed by atoms with Gasteiger partial charge in [0.25, 0.3) is 0 Å². The lowest BCUT2D eigenvalue weighted by atomic mass is 9.88. The average Bonchev–Trinajstić information content (AvgIpc) is 3.26. The Morgan fingerprint density at radius 2 is 0.518 bits per heavy atom. The summed E-state index contributed by atoms with van der Waals surface area (Å²) >= 11 is 5.18. The molecule has 0 amide bonds. The minimum Gasteiger partial charge on any atom is -0.0616 e. The summed E-state index contributed by atoms with van der Waals surface area (Å²) in [4.78, 5) is 0. The second kappa shape index (κ2) is 13.6. The van der Waals surface area contributed by atoms with Crippen LogP contribution in [0.3, 0.4) is 0 Å². The van der Waals surface area contributed by atoms with Gasteiger partial charge in [0, 0.05) is 18.3 Å². The summed E-state index contributed by atoms with van der Waals surface area (Å²) in [5.41, 5.74) is 9.93. The number of halogens is 2. The van der Waals surface area contributed by atoms with E-state index in [1.165, 1.54) is 116 Å². The molecule has 0 heterocycles. The number of hydrogen-bond donors (Lipinski definition) is 0. The van der Waals surface area contributed by atoms with E-state index in [-0.39, 0.29) is 0 Å². The van der Waals surface area contributed by atoms with Crippen molar-refractivity contribution in [2.45, 2.75) is 0 Å². The summed E-state index contributed by atoms with van der Waals surface area (Å²) < 4.78 is 2.56. The fraction of sp³-hybridized carbons (Fsp3) is 0. The van der Waals surface area contributed by atoms with Crippen molar-refractivity contribution in [1.29, 1.82) is 0 Å². The van der Waals surface area contributed by atoms with Crippen LogP contribution in [0.4, 0.5) is 0 Å². The summed E-state index contributed by atoms with van der Waals surface area (Å²) in [7, 11) is 0. The standard InChI is InChI=1S/C54H32I2/c55-53-47-15-7-5-13-43(47)45-27-25-41(39-23-17-33-9-1-3-11-37(33)29-39)31-49(45)51(53)35-19-21-36(22-20-35)52-50-32-42(40-24-18-34-10-2-4-12-38(34)30-40)26-28-46(50)44-14-6-8-16-48(44)54(52)56/h1-32H. The lowest BCUT2D eigenvalue weighted by Gasteiger charge is -2.18. The Hall–Kier alpha value is -5.56. The minimum atomic E-state index is 1.22. The molecular weight excluding hydrogens is 902 g/mol. The van der Waals surface area contributed by atoms with Crippen LogP contribution >= 0.6 is 45.2 Å². The van der Waals surface area contributed by atoms with Gasteiger partial charge >= 0.3 is 0 Å². The molecule has 56 heavy (non-hydrogen) atoms. The molecule has 0 aliphatic rings. The maximum atomic E-state index is 2.59. The molecule has 0 N–H and O–H groups in total. The Labute approximate surface area is 352 Å². The normalized spacial score (nSPS) is 11.8. The van der Waals surface area contributed by atoms with Crippen molar-refractivity contribution >= 4 is 110 Å². The van der Waals surface area contributed by atoms with E-state index in [9.17, 15) is 0 Å². The Balaban J connectivity index is 1.10. The van der Waals surface area contributed by atoms with Crippen LogP contribution in [-0.4, -0.2) is 0 Å². The molecule has 11 aromatic carbocycles. The topological polar surface area (TPSA) is 0 Å². The van der Waals surface area contributed by atoms with Gasteiger partial charge in [-0.1, -0.05) is 170 Å². The summed E-state index contributed by atoms with van der Waals surface area (Å²) in [5, 5.41) is 15.3. The second-order valence-corrected chi connectivity index (χ2v) is 16.8. The first-order valence-electron chi connectivity index (χ1n) is 19.0. The van der Waals surface area contributed by atoms with E-state index in [2.05, 4.69) is 239 Å². The monoisotopic (exact) mass is 934 g/mol. The van der Waals surface area contributed by atoms with E-state index in [1.54, 1.807) is 0 Å². The molecule has 0 unspecified atom stereocenters. The Morgan fingerprint density at radius 3 is 0.946 bits per heavy atom. The van der Waals surface area contributed by atoms with Crippen molar-refractivity contribution in [2.24, 2.45) is 0 Å². The van der Waals surface area contributed by atoms with Gasteiger partial charge in [-0.15, -0.1) is 0 Å². The first kappa shape index (κ1) is 33.8. The highest BCUT2D eigenvalue weighted by atomic mass is 127. The van der Waals surface area contributed by atoms with Crippen LogP contribution in [0.2, 0.25) is 0 Å². The van der Waals surface area contributed by atoms with Crippen LogP contribution in [-0.2, 0) is 0 Å². The first-order chi connectivity index (χ1) is 27.6. The molecule has 262 valence electrons. The van der Waals surface area contributed by atoms with Gasteiger partial charge in [-0.2, -0.15) is 0 Å². The van der Waals surface area contributed by atoms with Gasteiger partial charge in [0.15, 0.2) is 0 Å². The summed E-state index contributed by atoms with van der Waals surface area (Å²) in [6.45, 7) is 0. The molecule has 0 saturated heterocycles. The van der Waals surface area contributed by atoms with Crippen LogP contribution in [0, 0.1) is 7.14 Å². The highest BCUT2D eigenvalue weighted by Crippen LogP contribution is 2.45. The van der Waals surface area contributed by atoms with Crippen molar-refractivity contribution in [2.75, 3.05) is 0 Å². The Kier molecular flexibility index (Phi) is 8.18. The molecule has 0 radical (unpaired) electrons. The fourth-order valence-corrected chi connectivity index (χ4v) is 10.9. The average molecular weight is 935 g/mol. The zero-order chi connectivity index (χ0) is 37.3. The highest BCUT2D eigenvalue weighted by Gasteiger charge is 2.19. The van der Waals surface area contributed by atoms with E-state index >= 15 is 0 Å². The van der Waals surface area contributed by atoms with E-state index in [1.807, 2.05) is 0 Å². The van der Waals surface area contributed by atoms with Crippen molar-refractivity contribution in [3.63, 3.8) is 0 Å². The molecule has 0 spiro atoms. The van der Waals surface area contributed by atoms with Gasteiger partial charge in [-0.05, 0) is 167 Å². The molecule has 11 rings (SSSR count). The summed E-state index contributed by atoms with van der Waals surface area (Å²) in [6, 6.07) is 71.9. The van der Waals surface area contributed by atoms with E-state index in [4.69, 9.17) is 0 Å². The smallest absolute Gasteiger partial charge is 0.0293 e. The molecule has 0 saturated carbocycles. The molecule has 0 aromatic heterocycles. The second-order valence-electron chi connectivity index (χ2n) is 14.7. The molecule has 0 fully saturated rings.